The van der Waals surface area contributed by atoms with Gasteiger partial charge >= 0.3 is 11.9 Å². The van der Waals surface area contributed by atoms with Gasteiger partial charge in [-0.2, -0.15) is 0 Å². The Morgan fingerprint density at radius 2 is 1.36 bits per heavy atom. The van der Waals surface area contributed by atoms with Crippen molar-refractivity contribution in [3.63, 3.8) is 0 Å². The molecule has 0 amide bonds. The number of carboxylic acid groups (broad SMARTS) is 2. The normalized spacial score (nSPS) is 25.8. The van der Waals surface area contributed by atoms with Crippen LogP contribution in [0.4, 0.5) is 0 Å². The number of ether oxygens (including phenoxy) is 1. The Labute approximate surface area is 144 Å². The van der Waals surface area contributed by atoms with Crippen LogP contribution in [0.2, 0.25) is 0 Å². The third kappa shape index (κ3) is 2.08. The lowest BCUT2D eigenvalue weighted by molar-refractivity contribution is -0.156. The summed E-state index contributed by atoms with van der Waals surface area (Å²) >= 11 is 0. The smallest absolute Gasteiger partial charge is 0.308 e. The van der Waals surface area contributed by atoms with Gasteiger partial charge in [0, 0.05) is 11.8 Å². The molecule has 5 heteroatoms. The van der Waals surface area contributed by atoms with E-state index >= 15 is 0 Å². The lowest BCUT2D eigenvalue weighted by Gasteiger charge is -2.47. The largest absolute Gasteiger partial charge is 0.497 e. The number of hydrogen-bond acceptors (Lipinski definition) is 3. The van der Waals surface area contributed by atoms with Crippen LogP contribution in [0.1, 0.15) is 39.7 Å². The highest BCUT2D eigenvalue weighted by Gasteiger charge is 2.55. The van der Waals surface area contributed by atoms with Gasteiger partial charge in [-0.05, 0) is 41.3 Å². The number of aliphatic carboxylic acids is 2. The minimum atomic E-state index is -1.07. The number of aryl methyl sites for hydroxylation is 1. The van der Waals surface area contributed by atoms with E-state index in [1.165, 1.54) is 0 Å². The lowest BCUT2D eigenvalue weighted by atomic mass is 9.54. The molecule has 3 aliphatic carbocycles. The van der Waals surface area contributed by atoms with Crippen molar-refractivity contribution in [1.29, 1.82) is 0 Å². The summed E-state index contributed by atoms with van der Waals surface area (Å²) in [6, 6.07) is 11.4. The summed E-state index contributed by atoms with van der Waals surface area (Å²) < 4.78 is 5.30. The summed E-state index contributed by atoms with van der Waals surface area (Å²) in [6.07, 6.45) is 0. The summed E-state index contributed by atoms with van der Waals surface area (Å²) in [7, 11) is 1.56. The molecular weight excluding hydrogens is 320 g/mol. The predicted molar refractivity (Wildman–Crippen MR) is 90.1 cm³/mol. The molecule has 0 radical (unpaired) electrons. The van der Waals surface area contributed by atoms with E-state index in [0.717, 1.165) is 27.8 Å². The Morgan fingerprint density at radius 1 is 0.840 bits per heavy atom. The molecule has 0 heterocycles. The summed E-state index contributed by atoms with van der Waals surface area (Å²) in [5.74, 6) is -4.38. The zero-order chi connectivity index (χ0) is 17.9. The second kappa shape index (κ2) is 5.34. The maximum Gasteiger partial charge on any atom is 0.308 e. The van der Waals surface area contributed by atoms with Crippen LogP contribution in [0.25, 0.3) is 0 Å². The number of methoxy groups -OCH3 is 1. The average Bonchev–Trinajstić information content (AvgIpc) is 2.59. The molecule has 5 nitrogen and oxygen atoms in total. The van der Waals surface area contributed by atoms with Gasteiger partial charge in [0.1, 0.15) is 5.75 Å². The molecule has 0 spiro atoms. The molecule has 3 aliphatic rings. The first-order chi connectivity index (χ1) is 11.9. The molecule has 2 aromatic carbocycles. The maximum absolute atomic E-state index is 12.0. The highest BCUT2D eigenvalue weighted by molar-refractivity contribution is 5.86. The van der Waals surface area contributed by atoms with Crippen molar-refractivity contribution < 1.29 is 24.5 Å². The molecule has 0 saturated heterocycles. The molecular formula is C20H18O5. The molecule has 0 unspecified atom stereocenters. The van der Waals surface area contributed by atoms with E-state index < -0.39 is 35.6 Å². The minimum absolute atomic E-state index is 0.459. The van der Waals surface area contributed by atoms with Gasteiger partial charge in [0.05, 0.1) is 18.9 Å². The third-order valence-electron chi connectivity index (χ3n) is 5.55. The number of carbonyl (C=O) groups is 2. The van der Waals surface area contributed by atoms with Gasteiger partial charge in [0.15, 0.2) is 0 Å². The Hall–Kier alpha value is -2.82. The van der Waals surface area contributed by atoms with Crippen molar-refractivity contribution >= 4 is 11.9 Å². The Balaban J connectivity index is 2.05. The zero-order valence-corrected chi connectivity index (χ0v) is 13.9. The molecule has 25 heavy (non-hydrogen) atoms. The summed E-state index contributed by atoms with van der Waals surface area (Å²) in [6.45, 7) is 1.96. The van der Waals surface area contributed by atoms with Gasteiger partial charge in [0.2, 0.25) is 0 Å². The van der Waals surface area contributed by atoms with Crippen molar-refractivity contribution in [3.05, 3.63) is 64.2 Å². The van der Waals surface area contributed by atoms with Crippen molar-refractivity contribution in [1.82, 2.24) is 0 Å². The van der Waals surface area contributed by atoms with E-state index in [2.05, 4.69) is 0 Å². The quantitative estimate of drug-likeness (QED) is 0.899. The topological polar surface area (TPSA) is 83.8 Å². The highest BCUT2D eigenvalue weighted by Crippen LogP contribution is 2.59. The predicted octanol–water partition coefficient (Wildman–Crippen LogP) is 3.00. The highest BCUT2D eigenvalue weighted by atomic mass is 16.5. The Bertz CT molecular complexity index is 901. The summed E-state index contributed by atoms with van der Waals surface area (Å²) in [4.78, 5) is 24.0. The van der Waals surface area contributed by atoms with E-state index in [-0.39, 0.29) is 0 Å². The van der Waals surface area contributed by atoms with Crippen LogP contribution in [-0.2, 0) is 9.59 Å². The summed E-state index contributed by atoms with van der Waals surface area (Å²) in [5, 5.41) is 19.6. The molecule has 0 saturated carbocycles. The molecule has 2 bridgehead atoms. The van der Waals surface area contributed by atoms with Gasteiger partial charge in [-0.1, -0.05) is 29.8 Å². The first kappa shape index (κ1) is 15.7. The van der Waals surface area contributed by atoms with E-state index in [1.54, 1.807) is 7.11 Å². The van der Waals surface area contributed by atoms with Gasteiger partial charge in [-0.3, -0.25) is 9.59 Å². The number of benzene rings is 2. The van der Waals surface area contributed by atoms with Crippen LogP contribution in [0.15, 0.2) is 36.4 Å². The number of carboxylic acids is 2. The molecule has 2 aromatic rings. The number of fused-ring (bicyclic) bond motifs is 1. The van der Waals surface area contributed by atoms with Gasteiger partial charge in [0.25, 0.3) is 0 Å². The Kier molecular flexibility index (Phi) is 3.35. The van der Waals surface area contributed by atoms with Crippen LogP contribution in [0, 0.1) is 18.8 Å². The van der Waals surface area contributed by atoms with E-state index in [9.17, 15) is 19.8 Å². The molecule has 0 aromatic heterocycles. The van der Waals surface area contributed by atoms with Crippen LogP contribution in [-0.4, -0.2) is 29.3 Å². The molecule has 128 valence electrons. The number of hydrogen-bond donors (Lipinski definition) is 2. The van der Waals surface area contributed by atoms with Gasteiger partial charge in [-0.15, -0.1) is 0 Å². The standard InChI is InChI=1S/C20H18O5/c1-9-3-5-11-13(7-9)15-12-6-4-10(25-2)8-14(12)16(11)18(20(23)24)17(15)19(21)22/h3-8,15-18H,1-2H3,(H,21,22)(H,23,24)/t15-,16-,17-,18-/m0/s1. The van der Waals surface area contributed by atoms with E-state index in [4.69, 9.17) is 4.74 Å². The number of rotatable bonds is 3. The molecule has 0 aliphatic heterocycles. The first-order valence-corrected chi connectivity index (χ1v) is 8.18. The lowest BCUT2D eigenvalue weighted by Crippen LogP contribution is -2.47. The monoisotopic (exact) mass is 338 g/mol. The summed E-state index contributed by atoms with van der Waals surface area (Å²) in [5.41, 5.74) is 4.66. The third-order valence-corrected chi connectivity index (χ3v) is 5.55. The van der Waals surface area contributed by atoms with Crippen LogP contribution < -0.4 is 4.74 Å². The zero-order valence-electron chi connectivity index (χ0n) is 13.9. The molecule has 2 N–H and O–H groups in total. The maximum atomic E-state index is 12.0. The fourth-order valence-electron chi connectivity index (χ4n) is 4.60. The van der Waals surface area contributed by atoms with Crippen molar-refractivity contribution in [3.8, 4) is 5.75 Å². The molecule has 0 fully saturated rings. The van der Waals surface area contributed by atoms with Crippen molar-refractivity contribution in [2.24, 2.45) is 11.8 Å². The van der Waals surface area contributed by atoms with Crippen molar-refractivity contribution in [2.75, 3.05) is 7.11 Å². The van der Waals surface area contributed by atoms with Crippen LogP contribution >= 0.6 is 0 Å². The average molecular weight is 338 g/mol. The SMILES string of the molecule is COc1ccc2c(c1)[C@@H]1c3ccc(C)cc3[C@H]2[C@H](C(=O)O)[C@H]1C(=O)O. The Morgan fingerprint density at radius 3 is 1.88 bits per heavy atom. The second-order valence-corrected chi connectivity index (χ2v) is 6.81. The minimum Gasteiger partial charge on any atom is -0.497 e. The second-order valence-electron chi connectivity index (χ2n) is 6.81. The fourth-order valence-corrected chi connectivity index (χ4v) is 4.60. The van der Waals surface area contributed by atoms with E-state index in [0.29, 0.717) is 5.75 Å². The van der Waals surface area contributed by atoms with Crippen LogP contribution in [0.3, 0.4) is 0 Å². The van der Waals surface area contributed by atoms with E-state index in [1.807, 2.05) is 43.3 Å². The molecule has 5 rings (SSSR count). The van der Waals surface area contributed by atoms with Gasteiger partial charge in [-0.25, -0.2) is 0 Å². The first-order valence-electron chi connectivity index (χ1n) is 8.18. The molecule has 4 atom stereocenters. The van der Waals surface area contributed by atoms with Crippen LogP contribution in [0.5, 0.6) is 5.75 Å². The van der Waals surface area contributed by atoms with Crippen molar-refractivity contribution in [2.45, 2.75) is 18.8 Å². The fraction of sp³-hybridized carbons (Fsp3) is 0.300. The van der Waals surface area contributed by atoms with Gasteiger partial charge < -0.3 is 14.9 Å².